The highest BCUT2D eigenvalue weighted by atomic mass is 79.9. The summed E-state index contributed by atoms with van der Waals surface area (Å²) in [5.41, 5.74) is 6.28. The predicted octanol–water partition coefficient (Wildman–Crippen LogP) is 2.14. The number of hydrogen-bond donors (Lipinski definition) is 2. The lowest BCUT2D eigenvalue weighted by Gasteiger charge is -2.30. The molecule has 0 saturated carbocycles. The van der Waals surface area contributed by atoms with Crippen LogP contribution in [0.3, 0.4) is 0 Å². The highest BCUT2D eigenvalue weighted by Gasteiger charge is 2.25. The van der Waals surface area contributed by atoms with E-state index in [-0.39, 0.29) is 18.4 Å². The zero-order chi connectivity index (χ0) is 16.9. The van der Waals surface area contributed by atoms with E-state index in [1.807, 2.05) is 24.3 Å². The van der Waals surface area contributed by atoms with Crippen LogP contribution in [0.15, 0.2) is 33.3 Å². The molecule has 0 unspecified atom stereocenters. The zero-order valence-corrected chi connectivity index (χ0v) is 14.8. The molecule has 1 saturated heterocycles. The number of nitrogens with two attached hydrogens (primary N) is 1. The number of halogens is 1. The van der Waals surface area contributed by atoms with Crippen molar-refractivity contribution in [3.05, 3.63) is 40.5 Å². The van der Waals surface area contributed by atoms with Crippen molar-refractivity contribution in [3.8, 4) is 0 Å². The lowest BCUT2D eigenvalue weighted by molar-refractivity contribution is -0.121. The first-order valence-corrected chi connectivity index (χ1v) is 8.73. The second kappa shape index (κ2) is 7.87. The van der Waals surface area contributed by atoms with Crippen molar-refractivity contribution in [1.82, 2.24) is 15.0 Å². The molecule has 2 heterocycles. The maximum Gasteiger partial charge on any atom is 0.240 e. The van der Waals surface area contributed by atoms with Crippen LogP contribution in [-0.2, 0) is 17.9 Å². The van der Waals surface area contributed by atoms with E-state index in [0.717, 1.165) is 36.1 Å². The molecule has 2 aromatic rings. The van der Waals surface area contributed by atoms with Gasteiger partial charge in [0.15, 0.2) is 5.82 Å². The second-order valence-electron chi connectivity index (χ2n) is 5.86. The zero-order valence-electron chi connectivity index (χ0n) is 13.2. The summed E-state index contributed by atoms with van der Waals surface area (Å²) in [6.45, 7) is 2.56. The predicted molar refractivity (Wildman–Crippen MR) is 93.0 cm³/mol. The summed E-state index contributed by atoms with van der Waals surface area (Å²) in [4.78, 5) is 18.8. The van der Waals surface area contributed by atoms with Gasteiger partial charge in [0.05, 0.1) is 13.1 Å². The topological polar surface area (TPSA) is 97.3 Å². The van der Waals surface area contributed by atoms with Gasteiger partial charge in [-0.25, -0.2) is 0 Å². The summed E-state index contributed by atoms with van der Waals surface area (Å²) in [6, 6.07) is 7.63. The van der Waals surface area contributed by atoms with Gasteiger partial charge in [-0.3, -0.25) is 9.69 Å². The van der Waals surface area contributed by atoms with Crippen LogP contribution >= 0.6 is 15.9 Å². The Bertz CT molecular complexity index is 697. The highest BCUT2D eigenvalue weighted by Crippen LogP contribution is 2.22. The van der Waals surface area contributed by atoms with E-state index >= 15 is 0 Å². The van der Waals surface area contributed by atoms with Crippen LogP contribution in [0.1, 0.15) is 24.6 Å². The average Bonchev–Trinajstić information content (AvgIpc) is 3.03. The minimum Gasteiger partial charge on any atom is -0.338 e. The van der Waals surface area contributed by atoms with Gasteiger partial charge in [0.1, 0.15) is 0 Å². The lowest BCUT2D eigenvalue weighted by atomic mass is 9.96. The Kier molecular flexibility index (Phi) is 5.60. The first kappa shape index (κ1) is 17.1. The second-order valence-corrected chi connectivity index (χ2v) is 6.77. The SMILES string of the molecule is NCc1nc(CN2CCC(C(=O)Nc3cccc(Br)c3)CC2)no1. The van der Waals surface area contributed by atoms with Gasteiger partial charge in [0.2, 0.25) is 11.8 Å². The Balaban J connectivity index is 1.48. The summed E-state index contributed by atoms with van der Waals surface area (Å²) >= 11 is 3.41. The number of piperidine rings is 1. The Hall–Kier alpha value is -1.77. The van der Waals surface area contributed by atoms with Crippen LogP contribution in [0.5, 0.6) is 0 Å². The molecule has 3 rings (SSSR count). The fourth-order valence-corrected chi connectivity index (χ4v) is 3.20. The van der Waals surface area contributed by atoms with Crippen LogP contribution in [0.25, 0.3) is 0 Å². The molecule has 0 atom stereocenters. The molecule has 1 amide bonds. The van der Waals surface area contributed by atoms with Gasteiger partial charge in [0.25, 0.3) is 0 Å². The Labute approximate surface area is 148 Å². The first-order chi connectivity index (χ1) is 11.6. The van der Waals surface area contributed by atoms with Crippen LogP contribution in [-0.4, -0.2) is 34.0 Å². The first-order valence-electron chi connectivity index (χ1n) is 7.94. The number of amides is 1. The molecule has 1 aromatic heterocycles. The smallest absolute Gasteiger partial charge is 0.240 e. The van der Waals surface area contributed by atoms with Crippen molar-refractivity contribution >= 4 is 27.5 Å². The van der Waals surface area contributed by atoms with Crippen molar-refractivity contribution in [1.29, 1.82) is 0 Å². The Morgan fingerprint density at radius 3 is 2.88 bits per heavy atom. The van der Waals surface area contributed by atoms with Crippen LogP contribution in [0.4, 0.5) is 5.69 Å². The van der Waals surface area contributed by atoms with Crippen molar-refractivity contribution in [2.75, 3.05) is 18.4 Å². The van der Waals surface area contributed by atoms with E-state index in [1.54, 1.807) is 0 Å². The lowest BCUT2D eigenvalue weighted by Crippen LogP contribution is -2.38. The number of carbonyl (C=O) groups is 1. The fourth-order valence-electron chi connectivity index (χ4n) is 2.80. The third-order valence-electron chi connectivity index (χ3n) is 4.10. The summed E-state index contributed by atoms with van der Waals surface area (Å²) < 4.78 is 5.96. The molecular weight excluding hydrogens is 374 g/mol. The molecule has 128 valence electrons. The normalized spacial score (nSPS) is 16.2. The largest absolute Gasteiger partial charge is 0.338 e. The van der Waals surface area contributed by atoms with Crippen LogP contribution < -0.4 is 11.1 Å². The number of carbonyl (C=O) groups excluding carboxylic acids is 1. The number of nitrogens with one attached hydrogen (secondary N) is 1. The maximum absolute atomic E-state index is 12.4. The Morgan fingerprint density at radius 2 is 2.21 bits per heavy atom. The van der Waals surface area contributed by atoms with E-state index < -0.39 is 0 Å². The minimum absolute atomic E-state index is 0.0325. The van der Waals surface area contributed by atoms with E-state index in [1.165, 1.54) is 0 Å². The molecule has 8 heteroatoms. The third kappa shape index (κ3) is 4.40. The minimum atomic E-state index is 0.0325. The van der Waals surface area contributed by atoms with Gasteiger partial charge < -0.3 is 15.6 Å². The van der Waals surface area contributed by atoms with E-state index in [0.29, 0.717) is 18.3 Å². The number of anilines is 1. The third-order valence-corrected chi connectivity index (χ3v) is 4.59. The average molecular weight is 394 g/mol. The van der Waals surface area contributed by atoms with Crippen LogP contribution in [0, 0.1) is 5.92 Å². The summed E-state index contributed by atoms with van der Waals surface area (Å²) in [5.74, 6) is 1.21. The van der Waals surface area contributed by atoms with Gasteiger partial charge in [-0.05, 0) is 44.1 Å². The number of benzene rings is 1. The van der Waals surface area contributed by atoms with Gasteiger partial charge in [-0.2, -0.15) is 4.98 Å². The van der Waals surface area contributed by atoms with E-state index in [4.69, 9.17) is 10.3 Å². The van der Waals surface area contributed by atoms with Crippen molar-refractivity contribution in [2.24, 2.45) is 11.7 Å². The molecule has 24 heavy (non-hydrogen) atoms. The fraction of sp³-hybridized carbons (Fsp3) is 0.438. The molecule has 1 aliphatic rings. The quantitative estimate of drug-likeness (QED) is 0.807. The van der Waals surface area contributed by atoms with Gasteiger partial charge in [0, 0.05) is 16.1 Å². The summed E-state index contributed by atoms with van der Waals surface area (Å²) in [6.07, 6.45) is 1.64. The molecule has 0 spiro atoms. The number of likely N-dealkylation sites (tertiary alicyclic amines) is 1. The Morgan fingerprint density at radius 1 is 1.42 bits per heavy atom. The van der Waals surface area contributed by atoms with Crippen LogP contribution in [0.2, 0.25) is 0 Å². The molecule has 3 N–H and O–H groups in total. The summed E-state index contributed by atoms with van der Waals surface area (Å²) in [7, 11) is 0. The number of hydrogen-bond acceptors (Lipinski definition) is 6. The highest BCUT2D eigenvalue weighted by molar-refractivity contribution is 9.10. The van der Waals surface area contributed by atoms with Crippen molar-refractivity contribution < 1.29 is 9.32 Å². The maximum atomic E-state index is 12.4. The van der Waals surface area contributed by atoms with E-state index in [9.17, 15) is 4.79 Å². The van der Waals surface area contributed by atoms with Gasteiger partial charge >= 0.3 is 0 Å². The van der Waals surface area contributed by atoms with Gasteiger partial charge in [-0.15, -0.1) is 0 Å². The molecule has 1 aliphatic heterocycles. The molecular formula is C16H20BrN5O2. The number of aromatic nitrogens is 2. The van der Waals surface area contributed by atoms with Crippen molar-refractivity contribution in [3.63, 3.8) is 0 Å². The van der Waals surface area contributed by atoms with Gasteiger partial charge in [-0.1, -0.05) is 27.2 Å². The molecule has 0 aliphatic carbocycles. The monoisotopic (exact) mass is 393 g/mol. The number of nitrogens with zero attached hydrogens (tertiary/aromatic N) is 3. The molecule has 7 nitrogen and oxygen atoms in total. The molecule has 0 bridgehead atoms. The van der Waals surface area contributed by atoms with Crippen molar-refractivity contribution in [2.45, 2.75) is 25.9 Å². The standard InChI is InChI=1S/C16H20BrN5O2/c17-12-2-1-3-13(8-12)19-16(23)11-4-6-22(7-5-11)10-14-20-15(9-18)24-21-14/h1-3,8,11H,4-7,9-10,18H2,(H,19,23). The molecule has 1 aromatic carbocycles. The summed E-state index contributed by atoms with van der Waals surface area (Å²) in [5, 5.41) is 6.89. The molecule has 0 radical (unpaired) electrons. The number of rotatable bonds is 5. The molecule has 1 fully saturated rings. The van der Waals surface area contributed by atoms with E-state index in [2.05, 4.69) is 36.3 Å².